The van der Waals surface area contributed by atoms with Crippen LogP contribution in [0.15, 0.2) is 24.5 Å². The van der Waals surface area contributed by atoms with Gasteiger partial charge in [-0.1, -0.05) is 0 Å². The third kappa shape index (κ3) is 4.40. The Labute approximate surface area is 155 Å². The maximum absolute atomic E-state index is 12.2. The predicted molar refractivity (Wildman–Crippen MR) is 96.8 cm³/mol. The zero-order valence-corrected chi connectivity index (χ0v) is 15.7. The van der Waals surface area contributed by atoms with Gasteiger partial charge in [0.05, 0.1) is 25.4 Å². The molecule has 2 aliphatic heterocycles. The highest BCUT2D eigenvalue weighted by atomic mass is 16.5. The molecule has 0 aliphatic carbocycles. The standard InChI is InChI=1S/C19H29N3O4/c1-24-11-12-26-14-18(23)21-9-5-16(6-10-21)22-13-17(25-2)19(22)15-3-7-20-8-4-15/h3-4,7-8,16-17,19H,5-6,9-14H2,1-2H3. The quantitative estimate of drug-likeness (QED) is 0.645. The number of hydrogen-bond donors (Lipinski definition) is 0. The summed E-state index contributed by atoms with van der Waals surface area (Å²) in [6.45, 7) is 3.63. The first-order valence-electron chi connectivity index (χ1n) is 9.27. The molecule has 0 spiro atoms. The highest BCUT2D eigenvalue weighted by Crippen LogP contribution is 2.39. The lowest BCUT2D eigenvalue weighted by molar-refractivity contribution is -0.142. The van der Waals surface area contributed by atoms with Crippen molar-refractivity contribution in [3.8, 4) is 0 Å². The molecular weight excluding hydrogens is 334 g/mol. The molecule has 2 saturated heterocycles. The van der Waals surface area contributed by atoms with Crippen molar-refractivity contribution in [2.24, 2.45) is 0 Å². The highest BCUT2D eigenvalue weighted by molar-refractivity contribution is 5.77. The fourth-order valence-corrected chi connectivity index (χ4v) is 3.88. The summed E-state index contributed by atoms with van der Waals surface area (Å²) in [5.74, 6) is 0.0728. The largest absolute Gasteiger partial charge is 0.382 e. The number of aromatic nitrogens is 1. The molecule has 3 rings (SSSR count). The van der Waals surface area contributed by atoms with Crippen molar-refractivity contribution in [3.05, 3.63) is 30.1 Å². The van der Waals surface area contributed by atoms with Gasteiger partial charge in [-0.2, -0.15) is 0 Å². The van der Waals surface area contributed by atoms with Gasteiger partial charge < -0.3 is 19.1 Å². The van der Waals surface area contributed by atoms with E-state index >= 15 is 0 Å². The first-order chi connectivity index (χ1) is 12.7. The SMILES string of the molecule is COCCOCC(=O)N1CCC(N2CC(OC)C2c2ccncc2)CC1. The molecular formula is C19H29N3O4. The van der Waals surface area contributed by atoms with Gasteiger partial charge in [-0.05, 0) is 30.5 Å². The Hall–Kier alpha value is -1.54. The van der Waals surface area contributed by atoms with E-state index in [4.69, 9.17) is 14.2 Å². The van der Waals surface area contributed by atoms with E-state index in [1.165, 1.54) is 5.56 Å². The maximum atomic E-state index is 12.2. The van der Waals surface area contributed by atoms with E-state index < -0.39 is 0 Å². The number of piperidine rings is 1. The van der Waals surface area contributed by atoms with Crippen molar-refractivity contribution in [1.29, 1.82) is 0 Å². The van der Waals surface area contributed by atoms with Crippen LogP contribution in [0.1, 0.15) is 24.4 Å². The summed E-state index contributed by atoms with van der Waals surface area (Å²) in [7, 11) is 3.40. The average Bonchev–Trinajstić information content (AvgIpc) is 2.66. The third-order valence-electron chi connectivity index (χ3n) is 5.39. The van der Waals surface area contributed by atoms with Crippen LogP contribution in [-0.2, 0) is 19.0 Å². The molecule has 3 heterocycles. The molecule has 0 bridgehead atoms. The van der Waals surface area contributed by atoms with Crippen molar-refractivity contribution in [2.75, 3.05) is 53.7 Å². The maximum Gasteiger partial charge on any atom is 0.248 e. The summed E-state index contributed by atoms with van der Waals surface area (Å²) >= 11 is 0. The number of hydrogen-bond acceptors (Lipinski definition) is 6. The fraction of sp³-hybridized carbons (Fsp3) is 0.684. The normalized spacial score (nSPS) is 24.5. The van der Waals surface area contributed by atoms with Gasteiger partial charge in [-0.15, -0.1) is 0 Å². The molecule has 0 saturated carbocycles. The highest BCUT2D eigenvalue weighted by Gasteiger charge is 2.44. The van der Waals surface area contributed by atoms with E-state index in [2.05, 4.69) is 22.0 Å². The van der Waals surface area contributed by atoms with Crippen molar-refractivity contribution in [3.63, 3.8) is 0 Å². The van der Waals surface area contributed by atoms with Crippen LogP contribution < -0.4 is 0 Å². The Kier molecular flexibility index (Phi) is 6.96. The zero-order chi connectivity index (χ0) is 18.4. The number of likely N-dealkylation sites (tertiary alicyclic amines) is 2. The predicted octanol–water partition coefficient (Wildman–Crippen LogP) is 1.11. The second-order valence-corrected chi connectivity index (χ2v) is 6.85. The van der Waals surface area contributed by atoms with Gasteiger partial charge in [-0.25, -0.2) is 0 Å². The summed E-state index contributed by atoms with van der Waals surface area (Å²) in [6, 6.07) is 4.91. The monoisotopic (exact) mass is 363 g/mol. The zero-order valence-electron chi connectivity index (χ0n) is 15.7. The Morgan fingerprint density at radius 2 is 1.92 bits per heavy atom. The number of methoxy groups -OCH3 is 2. The molecule has 1 aromatic rings. The third-order valence-corrected chi connectivity index (χ3v) is 5.39. The Morgan fingerprint density at radius 3 is 2.58 bits per heavy atom. The van der Waals surface area contributed by atoms with Gasteiger partial charge in [0.2, 0.25) is 5.91 Å². The number of ether oxygens (including phenoxy) is 3. The summed E-state index contributed by atoms with van der Waals surface area (Å²) in [4.78, 5) is 20.8. The lowest BCUT2D eigenvalue weighted by Crippen LogP contribution is -2.60. The molecule has 7 nitrogen and oxygen atoms in total. The van der Waals surface area contributed by atoms with Crippen LogP contribution in [0, 0.1) is 0 Å². The molecule has 144 valence electrons. The van der Waals surface area contributed by atoms with Gasteiger partial charge in [0.15, 0.2) is 0 Å². The first-order valence-corrected chi connectivity index (χ1v) is 9.27. The first kappa shape index (κ1) is 19.2. The minimum atomic E-state index is 0.0728. The van der Waals surface area contributed by atoms with Gasteiger partial charge in [-0.3, -0.25) is 14.7 Å². The number of carbonyl (C=O) groups is 1. The van der Waals surface area contributed by atoms with Crippen LogP contribution in [0.4, 0.5) is 0 Å². The second kappa shape index (κ2) is 9.41. The molecule has 2 unspecified atom stereocenters. The van der Waals surface area contributed by atoms with E-state index in [-0.39, 0.29) is 24.7 Å². The lowest BCUT2D eigenvalue weighted by Gasteiger charge is -2.53. The Morgan fingerprint density at radius 1 is 1.19 bits per heavy atom. The molecule has 2 fully saturated rings. The van der Waals surface area contributed by atoms with Gasteiger partial charge in [0, 0.05) is 52.3 Å². The summed E-state index contributed by atoms with van der Waals surface area (Å²) in [5, 5.41) is 0. The molecule has 26 heavy (non-hydrogen) atoms. The second-order valence-electron chi connectivity index (χ2n) is 6.85. The van der Waals surface area contributed by atoms with Crippen LogP contribution in [0.5, 0.6) is 0 Å². The van der Waals surface area contributed by atoms with Crippen molar-refractivity contribution >= 4 is 5.91 Å². The number of carbonyl (C=O) groups excluding carboxylic acids is 1. The van der Waals surface area contributed by atoms with Crippen LogP contribution in [0.2, 0.25) is 0 Å². The number of pyridine rings is 1. The van der Waals surface area contributed by atoms with E-state index in [0.29, 0.717) is 19.3 Å². The number of rotatable bonds is 8. The van der Waals surface area contributed by atoms with E-state index in [0.717, 1.165) is 32.5 Å². The molecule has 7 heteroatoms. The smallest absolute Gasteiger partial charge is 0.248 e. The van der Waals surface area contributed by atoms with E-state index in [1.54, 1.807) is 14.2 Å². The summed E-state index contributed by atoms with van der Waals surface area (Å²) in [6.07, 6.45) is 5.88. The minimum Gasteiger partial charge on any atom is -0.382 e. The van der Waals surface area contributed by atoms with E-state index in [9.17, 15) is 4.79 Å². The average molecular weight is 363 g/mol. The van der Waals surface area contributed by atoms with Crippen LogP contribution >= 0.6 is 0 Å². The van der Waals surface area contributed by atoms with Crippen molar-refractivity contribution in [1.82, 2.24) is 14.8 Å². The number of amides is 1. The summed E-state index contributed by atoms with van der Waals surface area (Å²) in [5.41, 5.74) is 1.25. The summed E-state index contributed by atoms with van der Waals surface area (Å²) < 4.78 is 15.9. The van der Waals surface area contributed by atoms with Gasteiger partial charge in [0.1, 0.15) is 6.61 Å². The molecule has 0 N–H and O–H groups in total. The molecule has 2 aliphatic rings. The van der Waals surface area contributed by atoms with Crippen LogP contribution in [0.25, 0.3) is 0 Å². The molecule has 1 aromatic heterocycles. The Balaban J connectivity index is 1.49. The Bertz CT molecular complexity index is 563. The topological polar surface area (TPSA) is 64.1 Å². The molecule has 1 amide bonds. The van der Waals surface area contributed by atoms with Gasteiger partial charge >= 0.3 is 0 Å². The lowest BCUT2D eigenvalue weighted by atomic mass is 9.87. The van der Waals surface area contributed by atoms with Crippen molar-refractivity contribution in [2.45, 2.75) is 31.0 Å². The van der Waals surface area contributed by atoms with Crippen LogP contribution in [-0.4, -0.2) is 86.5 Å². The van der Waals surface area contributed by atoms with Gasteiger partial charge in [0.25, 0.3) is 0 Å². The molecule has 0 radical (unpaired) electrons. The molecule has 2 atom stereocenters. The van der Waals surface area contributed by atoms with Crippen LogP contribution in [0.3, 0.4) is 0 Å². The molecule has 0 aromatic carbocycles. The van der Waals surface area contributed by atoms with E-state index in [1.807, 2.05) is 17.3 Å². The minimum absolute atomic E-state index is 0.0728. The van der Waals surface area contributed by atoms with Crippen molar-refractivity contribution < 1.29 is 19.0 Å². The fourth-order valence-electron chi connectivity index (χ4n) is 3.88. The number of nitrogens with zero attached hydrogens (tertiary/aromatic N) is 3.